The Bertz CT molecular complexity index is 909. The van der Waals surface area contributed by atoms with Gasteiger partial charge in [-0.2, -0.15) is 0 Å². The van der Waals surface area contributed by atoms with E-state index in [9.17, 15) is 14.0 Å². The van der Waals surface area contributed by atoms with Gasteiger partial charge in [-0.15, -0.1) is 0 Å². The van der Waals surface area contributed by atoms with Crippen molar-refractivity contribution in [3.63, 3.8) is 0 Å². The standard InChI is InChI=1S/C21H21FN2O4/c1-3-27-17-10-7-15(19(12-17)28-4-2)11-18-20(25)24(21(26)23-18)13-14-5-8-16(22)9-6-14/h5-12H,3-4,13H2,1-2H3,(H,23,26)/b18-11+. The van der Waals surface area contributed by atoms with Crippen LogP contribution < -0.4 is 14.8 Å². The first-order valence-corrected chi connectivity index (χ1v) is 9.00. The number of rotatable bonds is 7. The Labute approximate surface area is 162 Å². The Kier molecular flexibility index (Phi) is 5.93. The molecule has 0 bridgehead atoms. The molecule has 1 aliphatic rings. The minimum absolute atomic E-state index is 0.0594. The molecule has 0 aliphatic carbocycles. The molecule has 0 atom stereocenters. The predicted molar refractivity (Wildman–Crippen MR) is 102 cm³/mol. The molecule has 1 aliphatic heterocycles. The number of hydrogen-bond donors (Lipinski definition) is 1. The highest BCUT2D eigenvalue weighted by Crippen LogP contribution is 2.28. The molecule has 2 aromatic carbocycles. The lowest BCUT2D eigenvalue weighted by Gasteiger charge is -2.12. The molecule has 0 saturated carbocycles. The number of urea groups is 1. The second-order valence-corrected chi connectivity index (χ2v) is 6.07. The fourth-order valence-electron chi connectivity index (χ4n) is 2.81. The molecule has 146 valence electrons. The van der Waals surface area contributed by atoms with Crippen LogP contribution >= 0.6 is 0 Å². The van der Waals surface area contributed by atoms with Crippen LogP contribution in [-0.4, -0.2) is 30.1 Å². The molecule has 0 spiro atoms. The van der Waals surface area contributed by atoms with Crippen LogP contribution in [0, 0.1) is 5.82 Å². The van der Waals surface area contributed by atoms with Gasteiger partial charge in [-0.25, -0.2) is 9.18 Å². The summed E-state index contributed by atoms with van der Waals surface area (Å²) in [6.45, 7) is 4.78. The number of nitrogens with zero attached hydrogens (tertiary/aromatic N) is 1. The van der Waals surface area contributed by atoms with Gasteiger partial charge in [0.05, 0.1) is 19.8 Å². The number of carbonyl (C=O) groups is 2. The van der Waals surface area contributed by atoms with E-state index in [4.69, 9.17) is 9.47 Å². The lowest BCUT2D eigenvalue weighted by Crippen LogP contribution is -2.30. The van der Waals surface area contributed by atoms with Crippen LogP contribution in [0.3, 0.4) is 0 Å². The summed E-state index contributed by atoms with van der Waals surface area (Å²) in [6, 6.07) is 10.4. The quantitative estimate of drug-likeness (QED) is 0.584. The summed E-state index contributed by atoms with van der Waals surface area (Å²) >= 11 is 0. The Morgan fingerprint density at radius 2 is 1.75 bits per heavy atom. The van der Waals surface area contributed by atoms with Crippen molar-refractivity contribution in [2.45, 2.75) is 20.4 Å². The van der Waals surface area contributed by atoms with E-state index >= 15 is 0 Å². The zero-order valence-electron chi connectivity index (χ0n) is 15.7. The van der Waals surface area contributed by atoms with E-state index in [2.05, 4.69) is 5.32 Å². The zero-order valence-corrected chi connectivity index (χ0v) is 15.7. The van der Waals surface area contributed by atoms with E-state index in [1.54, 1.807) is 24.3 Å². The molecule has 0 aromatic heterocycles. The number of halogens is 1. The van der Waals surface area contributed by atoms with Crippen LogP contribution in [-0.2, 0) is 11.3 Å². The van der Waals surface area contributed by atoms with Gasteiger partial charge in [-0.05, 0) is 49.8 Å². The molecule has 3 rings (SSSR count). The number of benzene rings is 2. The van der Waals surface area contributed by atoms with Gasteiger partial charge >= 0.3 is 6.03 Å². The zero-order chi connectivity index (χ0) is 20.1. The van der Waals surface area contributed by atoms with Gasteiger partial charge in [-0.3, -0.25) is 9.69 Å². The van der Waals surface area contributed by atoms with Gasteiger partial charge < -0.3 is 14.8 Å². The van der Waals surface area contributed by atoms with E-state index in [1.165, 1.54) is 24.3 Å². The summed E-state index contributed by atoms with van der Waals surface area (Å²) in [5.74, 6) is 0.388. The van der Waals surface area contributed by atoms with Crippen molar-refractivity contribution in [1.82, 2.24) is 10.2 Å². The van der Waals surface area contributed by atoms with Crippen LogP contribution in [0.25, 0.3) is 6.08 Å². The van der Waals surface area contributed by atoms with Crippen molar-refractivity contribution in [3.05, 3.63) is 65.1 Å². The third-order valence-electron chi connectivity index (χ3n) is 4.11. The smallest absolute Gasteiger partial charge is 0.329 e. The fraction of sp³-hybridized carbons (Fsp3) is 0.238. The molecule has 1 heterocycles. The molecule has 7 heteroatoms. The third kappa shape index (κ3) is 4.31. The highest BCUT2D eigenvalue weighted by atomic mass is 19.1. The monoisotopic (exact) mass is 384 g/mol. The Balaban J connectivity index is 1.83. The average Bonchev–Trinajstić information content (AvgIpc) is 2.93. The minimum atomic E-state index is -0.524. The molecule has 0 radical (unpaired) electrons. The largest absolute Gasteiger partial charge is 0.494 e. The predicted octanol–water partition coefficient (Wildman–Crippen LogP) is 3.72. The Morgan fingerprint density at radius 3 is 2.43 bits per heavy atom. The third-order valence-corrected chi connectivity index (χ3v) is 4.11. The number of imide groups is 1. The second-order valence-electron chi connectivity index (χ2n) is 6.07. The maximum Gasteiger partial charge on any atom is 0.329 e. The van der Waals surface area contributed by atoms with E-state index < -0.39 is 11.9 Å². The summed E-state index contributed by atoms with van der Waals surface area (Å²) < 4.78 is 24.2. The second kappa shape index (κ2) is 8.56. The van der Waals surface area contributed by atoms with E-state index in [1.807, 2.05) is 13.8 Å². The summed E-state index contributed by atoms with van der Waals surface area (Å²) in [6.07, 6.45) is 1.58. The molecule has 0 unspecified atom stereocenters. The summed E-state index contributed by atoms with van der Waals surface area (Å²) in [4.78, 5) is 26.0. The van der Waals surface area contributed by atoms with Crippen molar-refractivity contribution in [2.24, 2.45) is 0 Å². The first-order chi connectivity index (χ1) is 13.5. The molecule has 1 N–H and O–H groups in total. The maximum absolute atomic E-state index is 13.0. The highest BCUT2D eigenvalue weighted by Gasteiger charge is 2.33. The van der Waals surface area contributed by atoms with Gasteiger partial charge in [0.1, 0.15) is 23.0 Å². The first kappa shape index (κ1) is 19.4. The van der Waals surface area contributed by atoms with Gasteiger partial charge in [0.25, 0.3) is 5.91 Å². The number of hydrogen-bond acceptors (Lipinski definition) is 4. The van der Waals surface area contributed by atoms with Crippen LogP contribution in [0.4, 0.5) is 9.18 Å². The van der Waals surface area contributed by atoms with Crippen molar-refractivity contribution in [2.75, 3.05) is 13.2 Å². The lowest BCUT2D eigenvalue weighted by atomic mass is 10.1. The highest BCUT2D eigenvalue weighted by molar-refractivity contribution is 6.14. The van der Waals surface area contributed by atoms with Crippen LogP contribution in [0.15, 0.2) is 48.2 Å². The number of amides is 3. The van der Waals surface area contributed by atoms with Crippen molar-refractivity contribution in [3.8, 4) is 11.5 Å². The molecule has 6 nitrogen and oxygen atoms in total. The van der Waals surface area contributed by atoms with Crippen LogP contribution in [0.5, 0.6) is 11.5 Å². The minimum Gasteiger partial charge on any atom is -0.494 e. The molecular weight excluding hydrogens is 363 g/mol. The van der Waals surface area contributed by atoms with E-state index in [0.717, 1.165) is 4.90 Å². The molecule has 2 aromatic rings. The molecular formula is C21H21FN2O4. The fourth-order valence-corrected chi connectivity index (χ4v) is 2.81. The summed E-state index contributed by atoms with van der Waals surface area (Å²) in [5, 5.41) is 2.58. The molecule has 1 saturated heterocycles. The van der Waals surface area contributed by atoms with Gasteiger partial charge in [0.2, 0.25) is 0 Å². The number of nitrogens with one attached hydrogen (secondary N) is 1. The topological polar surface area (TPSA) is 67.9 Å². The van der Waals surface area contributed by atoms with Crippen LogP contribution in [0.1, 0.15) is 25.0 Å². The lowest BCUT2D eigenvalue weighted by molar-refractivity contribution is -0.123. The summed E-state index contributed by atoms with van der Waals surface area (Å²) in [5.41, 5.74) is 1.46. The van der Waals surface area contributed by atoms with Crippen LogP contribution in [0.2, 0.25) is 0 Å². The van der Waals surface area contributed by atoms with Crippen molar-refractivity contribution >= 4 is 18.0 Å². The van der Waals surface area contributed by atoms with E-state index in [0.29, 0.717) is 35.8 Å². The normalized spacial score (nSPS) is 15.1. The first-order valence-electron chi connectivity index (χ1n) is 9.00. The molecule has 28 heavy (non-hydrogen) atoms. The maximum atomic E-state index is 13.0. The Hall–Kier alpha value is -3.35. The number of carbonyl (C=O) groups excluding carboxylic acids is 2. The SMILES string of the molecule is CCOc1ccc(/C=C2/NC(=O)N(Cc3ccc(F)cc3)C2=O)c(OCC)c1. The van der Waals surface area contributed by atoms with Crippen molar-refractivity contribution in [1.29, 1.82) is 0 Å². The Morgan fingerprint density at radius 1 is 1.04 bits per heavy atom. The van der Waals surface area contributed by atoms with E-state index in [-0.39, 0.29) is 18.1 Å². The van der Waals surface area contributed by atoms with Gasteiger partial charge in [0.15, 0.2) is 0 Å². The molecule has 3 amide bonds. The molecule has 1 fully saturated rings. The number of ether oxygens (including phenoxy) is 2. The average molecular weight is 384 g/mol. The van der Waals surface area contributed by atoms with Crippen molar-refractivity contribution < 1.29 is 23.5 Å². The van der Waals surface area contributed by atoms with Gasteiger partial charge in [0, 0.05) is 11.6 Å². The van der Waals surface area contributed by atoms with Gasteiger partial charge in [-0.1, -0.05) is 12.1 Å². The summed E-state index contributed by atoms with van der Waals surface area (Å²) in [7, 11) is 0.